The average molecular weight is 340 g/mol. The van der Waals surface area contributed by atoms with Gasteiger partial charge in [-0.05, 0) is 30.7 Å². The quantitative estimate of drug-likeness (QED) is 0.595. The van der Waals surface area contributed by atoms with Crippen molar-refractivity contribution in [3.05, 3.63) is 59.2 Å². The first-order valence-electron chi connectivity index (χ1n) is 8.26. The van der Waals surface area contributed by atoms with Gasteiger partial charge in [0.2, 0.25) is 0 Å². The fourth-order valence-corrected chi connectivity index (χ4v) is 2.61. The molecule has 0 saturated heterocycles. The Balaban J connectivity index is 1.49. The molecule has 0 N–H and O–H groups in total. The Bertz CT molecular complexity index is 781. The molecule has 0 aromatic heterocycles. The molecule has 5 heteroatoms. The van der Waals surface area contributed by atoms with Gasteiger partial charge in [-0.1, -0.05) is 29.8 Å². The van der Waals surface area contributed by atoms with Crippen LogP contribution in [0.3, 0.4) is 0 Å². The summed E-state index contributed by atoms with van der Waals surface area (Å²) < 4.78 is 16.1. The third kappa shape index (κ3) is 4.59. The summed E-state index contributed by atoms with van der Waals surface area (Å²) in [6.45, 7) is 3.18. The van der Waals surface area contributed by atoms with Crippen LogP contribution in [0.25, 0.3) is 0 Å². The lowest BCUT2D eigenvalue weighted by Crippen LogP contribution is -2.16. The number of carbonyl (C=O) groups excluding carboxylic acids is 2. The van der Waals surface area contributed by atoms with Gasteiger partial charge in [0.15, 0.2) is 17.3 Å². The maximum Gasteiger partial charge on any atom is 0.306 e. The van der Waals surface area contributed by atoms with E-state index in [4.69, 9.17) is 14.2 Å². The van der Waals surface area contributed by atoms with Crippen molar-refractivity contribution in [3.63, 3.8) is 0 Å². The van der Waals surface area contributed by atoms with Crippen LogP contribution < -0.4 is 9.47 Å². The summed E-state index contributed by atoms with van der Waals surface area (Å²) in [4.78, 5) is 24.1. The number of rotatable bonds is 6. The minimum absolute atomic E-state index is 0.0547. The Hall–Kier alpha value is -2.82. The van der Waals surface area contributed by atoms with Gasteiger partial charge in [-0.25, -0.2) is 0 Å². The number of ether oxygens (including phenoxy) is 3. The summed E-state index contributed by atoms with van der Waals surface area (Å²) in [6, 6.07) is 12.8. The van der Waals surface area contributed by atoms with E-state index in [1.54, 1.807) is 18.2 Å². The molecule has 1 heterocycles. The lowest BCUT2D eigenvalue weighted by molar-refractivity contribution is -0.144. The Labute approximate surface area is 146 Å². The Morgan fingerprint density at radius 1 is 1.00 bits per heavy atom. The summed E-state index contributed by atoms with van der Waals surface area (Å²) >= 11 is 0. The predicted molar refractivity (Wildman–Crippen MR) is 92.0 cm³/mol. The van der Waals surface area contributed by atoms with Crippen molar-refractivity contribution >= 4 is 11.8 Å². The molecule has 0 fully saturated rings. The molecule has 0 saturated carbocycles. The normalized spacial score (nSPS) is 12.5. The van der Waals surface area contributed by atoms with Crippen molar-refractivity contribution in [2.45, 2.75) is 26.4 Å². The van der Waals surface area contributed by atoms with E-state index in [0.717, 1.165) is 11.1 Å². The number of carbonyl (C=O) groups is 2. The summed E-state index contributed by atoms with van der Waals surface area (Å²) in [6.07, 6.45) is 0.158. The summed E-state index contributed by atoms with van der Waals surface area (Å²) in [5.74, 6) is 0.705. The average Bonchev–Trinajstić information content (AvgIpc) is 2.64. The standard InChI is InChI=1S/C20H20O5/c1-14-3-2-4-15(11-14)13-25-20(22)8-6-17(21)16-5-7-18-19(12-16)24-10-9-23-18/h2-5,7,11-12H,6,8-10,13H2,1H3. The highest BCUT2D eigenvalue weighted by Crippen LogP contribution is 2.31. The second kappa shape index (κ2) is 7.83. The number of benzene rings is 2. The molecular formula is C20H20O5. The molecule has 0 unspecified atom stereocenters. The van der Waals surface area contributed by atoms with Gasteiger partial charge in [0.05, 0.1) is 6.42 Å². The lowest BCUT2D eigenvalue weighted by Gasteiger charge is -2.18. The number of fused-ring (bicyclic) bond motifs is 1. The number of Topliss-reactive ketones (excluding diaryl/α,β-unsaturated/α-hetero) is 1. The second-order valence-corrected chi connectivity index (χ2v) is 5.93. The lowest BCUT2D eigenvalue weighted by atomic mass is 10.1. The van der Waals surface area contributed by atoms with E-state index in [9.17, 15) is 9.59 Å². The summed E-state index contributed by atoms with van der Waals surface area (Å²) in [5.41, 5.74) is 2.56. The number of hydrogen-bond acceptors (Lipinski definition) is 5. The molecule has 0 bridgehead atoms. The zero-order valence-electron chi connectivity index (χ0n) is 14.1. The van der Waals surface area contributed by atoms with Gasteiger partial charge in [-0.3, -0.25) is 9.59 Å². The fourth-order valence-electron chi connectivity index (χ4n) is 2.61. The van der Waals surface area contributed by atoms with E-state index in [-0.39, 0.29) is 31.2 Å². The van der Waals surface area contributed by atoms with Crippen LogP contribution in [0.15, 0.2) is 42.5 Å². The fraction of sp³-hybridized carbons (Fsp3) is 0.300. The number of esters is 1. The molecule has 5 nitrogen and oxygen atoms in total. The van der Waals surface area contributed by atoms with Crippen molar-refractivity contribution < 1.29 is 23.8 Å². The summed E-state index contributed by atoms with van der Waals surface area (Å²) in [5, 5.41) is 0. The molecule has 130 valence electrons. The molecular weight excluding hydrogens is 320 g/mol. The number of hydrogen-bond donors (Lipinski definition) is 0. The number of aryl methyl sites for hydroxylation is 1. The zero-order valence-corrected chi connectivity index (χ0v) is 14.1. The van der Waals surface area contributed by atoms with E-state index in [2.05, 4.69) is 0 Å². The zero-order chi connectivity index (χ0) is 17.6. The van der Waals surface area contributed by atoms with Gasteiger partial charge in [0, 0.05) is 12.0 Å². The van der Waals surface area contributed by atoms with Crippen molar-refractivity contribution in [2.24, 2.45) is 0 Å². The van der Waals surface area contributed by atoms with E-state index < -0.39 is 0 Å². The van der Waals surface area contributed by atoms with Crippen LogP contribution in [0, 0.1) is 6.92 Å². The summed E-state index contributed by atoms with van der Waals surface area (Å²) in [7, 11) is 0. The maximum absolute atomic E-state index is 12.2. The predicted octanol–water partition coefficient (Wildman–Crippen LogP) is 3.47. The highest BCUT2D eigenvalue weighted by atomic mass is 16.6. The third-order valence-electron chi connectivity index (χ3n) is 3.90. The highest BCUT2D eigenvalue weighted by molar-refractivity contribution is 5.98. The van der Waals surface area contributed by atoms with Crippen LogP contribution in [-0.2, 0) is 16.1 Å². The minimum atomic E-state index is -0.382. The first kappa shape index (κ1) is 17.0. The van der Waals surface area contributed by atoms with E-state index in [1.807, 2.05) is 31.2 Å². The Kier molecular flexibility index (Phi) is 5.33. The van der Waals surface area contributed by atoms with Gasteiger partial charge in [-0.2, -0.15) is 0 Å². The van der Waals surface area contributed by atoms with Crippen LogP contribution in [0.4, 0.5) is 0 Å². The second-order valence-electron chi connectivity index (χ2n) is 5.93. The minimum Gasteiger partial charge on any atom is -0.486 e. The molecule has 3 rings (SSSR count). The van der Waals surface area contributed by atoms with Crippen molar-refractivity contribution in [2.75, 3.05) is 13.2 Å². The molecule has 25 heavy (non-hydrogen) atoms. The molecule has 0 aliphatic carbocycles. The van der Waals surface area contributed by atoms with Crippen LogP contribution >= 0.6 is 0 Å². The van der Waals surface area contributed by atoms with E-state index >= 15 is 0 Å². The first-order valence-corrected chi connectivity index (χ1v) is 8.26. The van der Waals surface area contributed by atoms with Crippen LogP contribution in [0.1, 0.15) is 34.3 Å². The van der Waals surface area contributed by atoms with E-state index in [0.29, 0.717) is 30.3 Å². The van der Waals surface area contributed by atoms with Crippen LogP contribution in [0.2, 0.25) is 0 Å². The van der Waals surface area contributed by atoms with Crippen LogP contribution in [-0.4, -0.2) is 25.0 Å². The maximum atomic E-state index is 12.2. The van der Waals surface area contributed by atoms with Gasteiger partial charge >= 0.3 is 5.97 Å². The van der Waals surface area contributed by atoms with E-state index in [1.165, 1.54) is 0 Å². The smallest absolute Gasteiger partial charge is 0.306 e. The van der Waals surface area contributed by atoms with Crippen molar-refractivity contribution in [3.8, 4) is 11.5 Å². The molecule has 0 spiro atoms. The monoisotopic (exact) mass is 340 g/mol. The largest absolute Gasteiger partial charge is 0.486 e. The molecule has 0 radical (unpaired) electrons. The first-order chi connectivity index (χ1) is 12.1. The molecule has 0 atom stereocenters. The van der Waals surface area contributed by atoms with Gasteiger partial charge < -0.3 is 14.2 Å². The highest BCUT2D eigenvalue weighted by Gasteiger charge is 2.16. The molecule has 1 aliphatic heterocycles. The molecule has 2 aromatic carbocycles. The van der Waals surface area contributed by atoms with Crippen molar-refractivity contribution in [1.82, 2.24) is 0 Å². The van der Waals surface area contributed by atoms with Crippen molar-refractivity contribution in [1.29, 1.82) is 0 Å². The van der Waals surface area contributed by atoms with Gasteiger partial charge in [0.1, 0.15) is 19.8 Å². The molecule has 2 aromatic rings. The SMILES string of the molecule is Cc1cccc(COC(=O)CCC(=O)c2ccc3c(c2)OCCO3)c1. The Morgan fingerprint density at radius 2 is 1.80 bits per heavy atom. The van der Waals surface area contributed by atoms with Gasteiger partial charge in [-0.15, -0.1) is 0 Å². The Morgan fingerprint density at radius 3 is 2.60 bits per heavy atom. The molecule has 0 amide bonds. The topological polar surface area (TPSA) is 61.8 Å². The third-order valence-corrected chi connectivity index (χ3v) is 3.90. The van der Waals surface area contributed by atoms with Gasteiger partial charge in [0.25, 0.3) is 0 Å². The van der Waals surface area contributed by atoms with Crippen LogP contribution in [0.5, 0.6) is 11.5 Å². The number of ketones is 1. The molecule has 1 aliphatic rings.